The Balaban J connectivity index is 1.54. The third-order valence-electron chi connectivity index (χ3n) is 16.9. The first-order valence-corrected chi connectivity index (χ1v) is 38.3. The van der Waals surface area contributed by atoms with Gasteiger partial charge in [0.15, 0.2) is 0 Å². The maximum absolute atomic E-state index is 15.3. The van der Waals surface area contributed by atoms with Gasteiger partial charge in [-0.3, -0.25) is 28.8 Å². The molecular weight excluding hydrogens is 1260 g/mol. The molecule has 1 aliphatic rings. The fraction of sp³-hybridized carbons (Fsp3) is 0.675. The van der Waals surface area contributed by atoms with Crippen molar-refractivity contribution in [3.63, 3.8) is 0 Å². The van der Waals surface area contributed by atoms with Crippen LogP contribution in [0.3, 0.4) is 0 Å². The lowest BCUT2D eigenvalue weighted by Crippen LogP contribution is -2.51. The zero-order valence-corrected chi connectivity index (χ0v) is 62.6. The second kappa shape index (κ2) is 46.1. The van der Waals surface area contributed by atoms with Crippen LogP contribution in [0.1, 0.15) is 302 Å². The van der Waals surface area contributed by atoms with Crippen LogP contribution in [0.25, 0.3) is 11.1 Å². The van der Waals surface area contributed by atoms with E-state index in [4.69, 9.17) is 28.4 Å². The summed E-state index contributed by atoms with van der Waals surface area (Å²) in [6, 6.07) is 19.6. The molecule has 17 nitrogen and oxygen atoms in total. The van der Waals surface area contributed by atoms with Crippen LogP contribution >= 0.6 is 11.8 Å². The topological polar surface area (TPSA) is 219 Å². The highest BCUT2D eigenvalue weighted by Gasteiger charge is 2.34. The standard InChI is InChI=1S/C80H123N3O14S/c1-12-14-16-18-20-22-24-26-28-30-32-34-36-46-70(84)92-56-62(94-71(85)47-37-35-33-31-29-27-25-23-21-19-17-15-13-2)58-98-59-69(82-77(91)93-57-67-65-44-40-38-42-63(65)64-43-39-41-45-66(64)67)75(89)83(55-73(87)96-79(6,7)8)54-60-48-50-61(51-49-60)74(88)81-68(76(90)97-80(9,10)11)52-53-72(86)95-78(3,4)5/h38-45,48-51,62,67-69H,12-37,46-47,52-59H2,1-11H3,(H,81,88)(H,82,91)/t62-,68-,69-/m0/s1. The zero-order valence-electron chi connectivity index (χ0n) is 61.8. The van der Waals surface area contributed by atoms with Crippen molar-refractivity contribution in [3.05, 3.63) is 95.1 Å². The lowest BCUT2D eigenvalue weighted by Gasteiger charge is -2.29. The summed E-state index contributed by atoms with van der Waals surface area (Å²) in [5.41, 5.74) is 2.16. The van der Waals surface area contributed by atoms with Crippen molar-refractivity contribution in [1.82, 2.24) is 15.5 Å². The first-order valence-electron chi connectivity index (χ1n) is 37.1. The first kappa shape index (κ1) is 84.0. The van der Waals surface area contributed by atoms with Crippen molar-refractivity contribution in [2.75, 3.05) is 31.3 Å². The predicted molar refractivity (Wildman–Crippen MR) is 391 cm³/mol. The lowest BCUT2D eigenvalue weighted by atomic mass is 9.98. The van der Waals surface area contributed by atoms with Gasteiger partial charge in [-0.1, -0.05) is 229 Å². The molecule has 3 amide bonds. The average Bonchev–Trinajstić information content (AvgIpc) is 1.62. The number of nitrogens with one attached hydrogen (secondary N) is 2. The maximum Gasteiger partial charge on any atom is 0.407 e. The van der Waals surface area contributed by atoms with Crippen molar-refractivity contribution < 1.29 is 66.8 Å². The monoisotopic (exact) mass is 1380 g/mol. The van der Waals surface area contributed by atoms with Gasteiger partial charge in [0.2, 0.25) is 5.91 Å². The molecule has 0 radical (unpaired) electrons. The number of ether oxygens (including phenoxy) is 6. The molecule has 0 heterocycles. The molecule has 3 atom stereocenters. The number of carbonyl (C=O) groups is 8. The number of amides is 3. The van der Waals surface area contributed by atoms with Crippen LogP contribution in [0.2, 0.25) is 0 Å². The molecule has 18 heteroatoms. The number of thioether (sulfide) groups is 1. The molecule has 2 N–H and O–H groups in total. The fourth-order valence-electron chi connectivity index (χ4n) is 11.9. The third kappa shape index (κ3) is 36.1. The molecule has 0 aromatic heterocycles. The van der Waals surface area contributed by atoms with Crippen LogP contribution in [-0.4, -0.2) is 119 Å². The molecule has 98 heavy (non-hydrogen) atoms. The van der Waals surface area contributed by atoms with Gasteiger partial charge in [0.05, 0.1) is 0 Å². The molecule has 1 aliphatic carbocycles. The van der Waals surface area contributed by atoms with Crippen molar-refractivity contribution in [1.29, 1.82) is 0 Å². The van der Waals surface area contributed by atoms with Crippen LogP contribution in [-0.2, 0) is 63.7 Å². The Morgan fingerprint density at radius 1 is 0.469 bits per heavy atom. The van der Waals surface area contributed by atoms with E-state index in [9.17, 15) is 33.6 Å². The highest BCUT2D eigenvalue weighted by molar-refractivity contribution is 7.99. The summed E-state index contributed by atoms with van der Waals surface area (Å²) < 4.78 is 34.7. The van der Waals surface area contributed by atoms with Gasteiger partial charge < -0.3 is 44.0 Å². The number of carbonyl (C=O) groups excluding carboxylic acids is 8. The fourth-order valence-corrected chi connectivity index (χ4v) is 13.0. The SMILES string of the molecule is CCCCCCCCCCCCCCCC(=O)OC[C@@H](CSC[C@H](NC(=O)OCC1c2ccccc2-c2ccccc21)C(=O)N(CC(=O)OC(C)(C)C)Cc1ccc(C(=O)N[C@@H](CCC(=O)OC(C)(C)C)C(=O)OC(C)(C)C)cc1)OC(=O)CCCCCCCCCCCCCCC. The summed E-state index contributed by atoms with van der Waals surface area (Å²) in [5.74, 6) is -4.35. The maximum atomic E-state index is 15.3. The van der Waals surface area contributed by atoms with Gasteiger partial charge in [0.1, 0.15) is 54.7 Å². The summed E-state index contributed by atoms with van der Waals surface area (Å²) in [4.78, 5) is 112. The Morgan fingerprint density at radius 3 is 1.40 bits per heavy atom. The predicted octanol–water partition coefficient (Wildman–Crippen LogP) is 18.0. The molecule has 0 spiro atoms. The number of alkyl carbamates (subject to hydrolysis) is 1. The summed E-state index contributed by atoms with van der Waals surface area (Å²) in [6.45, 7) is 19.0. The Hall–Kier alpha value is -6.43. The summed E-state index contributed by atoms with van der Waals surface area (Å²) in [5, 5.41) is 5.54. The number of hydrogen-bond donors (Lipinski definition) is 2. The van der Waals surface area contributed by atoms with Gasteiger partial charge in [0.25, 0.3) is 5.91 Å². The summed E-state index contributed by atoms with van der Waals surface area (Å²) >= 11 is 1.21. The van der Waals surface area contributed by atoms with E-state index in [2.05, 4.69) is 24.5 Å². The highest BCUT2D eigenvalue weighted by Crippen LogP contribution is 2.44. The van der Waals surface area contributed by atoms with Gasteiger partial charge in [-0.25, -0.2) is 9.59 Å². The first-order chi connectivity index (χ1) is 46.7. The largest absolute Gasteiger partial charge is 0.462 e. The Kier molecular flexibility index (Phi) is 39.5. The molecule has 0 fully saturated rings. The normalized spacial score (nSPS) is 13.1. The van der Waals surface area contributed by atoms with Crippen molar-refractivity contribution in [2.24, 2.45) is 0 Å². The van der Waals surface area contributed by atoms with Gasteiger partial charge >= 0.3 is 35.9 Å². The molecule has 0 aliphatic heterocycles. The minimum absolute atomic E-state index is 0.0420. The van der Waals surface area contributed by atoms with Crippen LogP contribution in [0.15, 0.2) is 72.8 Å². The highest BCUT2D eigenvalue weighted by atomic mass is 32.2. The Labute approximate surface area is 592 Å². The van der Waals surface area contributed by atoms with Crippen molar-refractivity contribution in [3.8, 4) is 11.1 Å². The molecule has 4 rings (SSSR count). The number of unbranched alkanes of at least 4 members (excludes halogenated alkanes) is 24. The van der Waals surface area contributed by atoms with Gasteiger partial charge in [-0.15, -0.1) is 0 Å². The molecule has 0 saturated carbocycles. The van der Waals surface area contributed by atoms with Crippen molar-refractivity contribution in [2.45, 2.75) is 316 Å². The number of fused-ring (bicyclic) bond motifs is 3. The number of rotatable bonds is 49. The minimum Gasteiger partial charge on any atom is -0.462 e. The van der Waals surface area contributed by atoms with Gasteiger partial charge in [0, 0.05) is 48.8 Å². The Bertz CT molecular complexity index is 2810. The molecule has 0 unspecified atom stereocenters. The van der Waals surface area contributed by atoms with E-state index in [-0.39, 0.29) is 74.4 Å². The van der Waals surface area contributed by atoms with E-state index in [0.717, 1.165) is 60.8 Å². The molecule has 0 bridgehead atoms. The summed E-state index contributed by atoms with van der Waals surface area (Å²) in [7, 11) is 0. The second-order valence-corrected chi connectivity index (χ2v) is 30.6. The zero-order chi connectivity index (χ0) is 71.8. The molecule has 0 saturated heterocycles. The number of nitrogens with zero attached hydrogens (tertiary/aromatic N) is 1. The average molecular weight is 1380 g/mol. The smallest absolute Gasteiger partial charge is 0.407 e. The quantitative estimate of drug-likeness (QED) is 0.0305. The van der Waals surface area contributed by atoms with Crippen molar-refractivity contribution >= 4 is 59.5 Å². The van der Waals surface area contributed by atoms with Crippen LogP contribution in [0.5, 0.6) is 0 Å². The second-order valence-electron chi connectivity index (χ2n) is 29.5. The van der Waals surface area contributed by atoms with E-state index in [0.29, 0.717) is 18.4 Å². The third-order valence-corrected chi connectivity index (χ3v) is 18.1. The Morgan fingerprint density at radius 2 is 0.918 bits per heavy atom. The molecule has 3 aromatic rings. The lowest BCUT2D eigenvalue weighted by molar-refractivity contribution is -0.160. The van der Waals surface area contributed by atoms with Crippen LogP contribution in [0.4, 0.5) is 4.79 Å². The number of hydrogen-bond acceptors (Lipinski definition) is 15. The minimum atomic E-state index is -1.33. The molecule has 548 valence electrons. The van der Waals surface area contributed by atoms with E-state index in [1.807, 2.05) is 48.5 Å². The van der Waals surface area contributed by atoms with E-state index in [1.165, 1.54) is 144 Å². The molecule has 3 aromatic carbocycles. The molecular formula is C80H123N3O14S. The van der Waals surface area contributed by atoms with Gasteiger partial charge in [-0.05, 0) is 122 Å². The van der Waals surface area contributed by atoms with Crippen LogP contribution < -0.4 is 10.6 Å². The van der Waals surface area contributed by atoms with Gasteiger partial charge in [-0.2, -0.15) is 11.8 Å². The van der Waals surface area contributed by atoms with Crippen LogP contribution in [0, 0.1) is 0 Å². The van der Waals surface area contributed by atoms with E-state index >= 15 is 4.79 Å². The number of esters is 5. The number of benzene rings is 3. The summed E-state index contributed by atoms with van der Waals surface area (Å²) in [6.07, 6.45) is 28.9. The van der Waals surface area contributed by atoms with E-state index < -0.39 is 83.3 Å². The van der Waals surface area contributed by atoms with E-state index in [1.54, 1.807) is 74.4 Å².